The van der Waals surface area contributed by atoms with E-state index >= 15 is 0 Å². The topological polar surface area (TPSA) is 116 Å². The Balaban J connectivity index is 1.69. The fraction of sp³-hybridized carbons (Fsp3) is 0.385. The summed E-state index contributed by atoms with van der Waals surface area (Å²) < 4.78 is 5.04. The Hall–Kier alpha value is -2.68. The summed E-state index contributed by atoms with van der Waals surface area (Å²) >= 11 is 0. The summed E-state index contributed by atoms with van der Waals surface area (Å²) in [7, 11) is 1.66. The molecule has 3 aromatic rings. The number of anilines is 2. The molecule has 9 heteroatoms. The number of aromatic amines is 2. The Labute approximate surface area is 127 Å². The number of fused-ring (bicyclic) bond motifs is 1. The summed E-state index contributed by atoms with van der Waals surface area (Å²) in [4.78, 5) is 23.1. The quantitative estimate of drug-likeness (QED) is 0.454. The summed E-state index contributed by atoms with van der Waals surface area (Å²) in [6.07, 6.45) is 5.89. The van der Waals surface area contributed by atoms with Gasteiger partial charge in [0.1, 0.15) is 5.52 Å². The van der Waals surface area contributed by atoms with Crippen LogP contribution in [0.1, 0.15) is 5.69 Å². The van der Waals surface area contributed by atoms with Gasteiger partial charge in [-0.05, 0) is 0 Å². The molecule has 0 bridgehead atoms. The highest BCUT2D eigenvalue weighted by molar-refractivity contribution is 5.83. The molecule has 9 nitrogen and oxygen atoms in total. The van der Waals surface area contributed by atoms with Crippen LogP contribution in [0.15, 0.2) is 18.9 Å². The lowest BCUT2D eigenvalue weighted by Gasteiger charge is -2.09. The zero-order chi connectivity index (χ0) is 15.2. The molecule has 0 amide bonds. The van der Waals surface area contributed by atoms with E-state index in [1.165, 1.54) is 0 Å². The molecule has 3 rings (SSSR count). The van der Waals surface area contributed by atoms with Crippen LogP contribution in [0.4, 0.5) is 11.8 Å². The SMILES string of the molecule is COCCNc1nc(NCCc2cnc[nH]2)nc2nc[nH]c12. The minimum absolute atomic E-state index is 0.541. The number of methoxy groups -OCH3 is 1. The highest BCUT2D eigenvalue weighted by Gasteiger charge is 2.09. The van der Waals surface area contributed by atoms with Crippen LogP contribution in [-0.4, -0.2) is 56.7 Å². The number of H-pyrrole nitrogens is 2. The maximum atomic E-state index is 5.04. The van der Waals surface area contributed by atoms with Crippen molar-refractivity contribution in [1.82, 2.24) is 29.9 Å². The van der Waals surface area contributed by atoms with Crippen molar-refractivity contribution < 1.29 is 4.74 Å². The first-order valence-electron chi connectivity index (χ1n) is 7.02. The maximum absolute atomic E-state index is 5.04. The lowest BCUT2D eigenvalue weighted by Crippen LogP contribution is -2.13. The van der Waals surface area contributed by atoms with Gasteiger partial charge >= 0.3 is 0 Å². The summed E-state index contributed by atoms with van der Waals surface area (Å²) in [5, 5.41) is 6.42. The highest BCUT2D eigenvalue weighted by atomic mass is 16.5. The van der Waals surface area contributed by atoms with Gasteiger partial charge in [-0.2, -0.15) is 9.97 Å². The van der Waals surface area contributed by atoms with Gasteiger partial charge in [-0.1, -0.05) is 0 Å². The number of hydrogen-bond donors (Lipinski definition) is 4. The van der Waals surface area contributed by atoms with Gasteiger partial charge in [-0.25, -0.2) is 9.97 Å². The molecule has 0 spiro atoms. The van der Waals surface area contributed by atoms with Gasteiger partial charge in [0, 0.05) is 38.5 Å². The molecule has 0 aliphatic rings. The van der Waals surface area contributed by atoms with Gasteiger partial charge in [0.2, 0.25) is 5.95 Å². The van der Waals surface area contributed by atoms with E-state index in [2.05, 4.69) is 40.5 Å². The number of aromatic nitrogens is 6. The molecule has 0 unspecified atom stereocenters. The second kappa shape index (κ2) is 6.85. The van der Waals surface area contributed by atoms with E-state index in [4.69, 9.17) is 4.74 Å². The second-order valence-electron chi connectivity index (χ2n) is 4.67. The van der Waals surface area contributed by atoms with Crippen molar-refractivity contribution in [3.05, 3.63) is 24.5 Å². The zero-order valence-corrected chi connectivity index (χ0v) is 12.3. The summed E-state index contributed by atoms with van der Waals surface area (Å²) in [6, 6.07) is 0. The molecule has 0 aliphatic carbocycles. The third kappa shape index (κ3) is 3.31. The monoisotopic (exact) mass is 302 g/mol. The Morgan fingerprint density at radius 3 is 2.91 bits per heavy atom. The van der Waals surface area contributed by atoms with Crippen LogP contribution in [-0.2, 0) is 11.2 Å². The van der Waals surface area contributed by atoms with Gasteiger partial charge in [0.05, 0.1) is 19.3 Å². The molecule has 0 fully saturated rings. The normalized spacial score (nSPS) is 11.0. The summed E-state index contributed by atoms with van der Waals surface area (Å²) in [5.41, 5.74) is 2.47. The Bertz CT molecular complexity index is 708. The van der Waals surface area contributed by atoms with E-state index < -0.39 is 0 Å². The molecule has 0 aromatic carbocycles. The standard InChI is InChI=1S/C13H18N8O/c1-22-5-4-15-11-10-12(19-8-18-10)21-13(20-11)16-3-2-9-6-14-7-17-9/h6-8H,2-5H2,1H3,(H,14,17)(H3,15,16,18,19,20,21). The molecule has 0 saturated heterocycles. The van der Waals surface area contributed by atoms with E-state index in [0.29, 0.717) is 37.1 Å². The molecular weight excluding hydrogens is 284 g/mol. The molecule has 3 aromatic heterocycles. The molecule has 116 valence electrons. The average molecular weight is 302 g/mol. The lowest BCUT2D eigenvalue weighted by molar-refractivity contribution is 0.210. The fourth-order valence-electron chi connectivity index (χ4n) is 2.04. The van der Waals surface area contributed by atoms with Gasteiger partial charge < -0.3 is 25.3 Å². The van der Waals surface area contributed by atoms with Gasteiger partial charge in [-0.3, -0.25) is 0 Å². The second-order valence-corrected chi connectivity index (χ2v) is 4.67. The predicted octanol–water partition coefficient (Wildman–Crippen LogP) is 0.789. The zero-order valence-electron chi connectivity index (χ0n) is 12.3. The van der Waals surface area contributed by atoms with Crippen LogP contribution < -0.4 is 10.6 Å². The Morgan fingerprint density at radius 2 is 2.09 bits per heavy atom. The Kier molecular flexibility index (Phi) is 4.44. The number of nitrogens with zero attached hydrogens (tertiary/aromatic N) is 4. The van der Waals surface area contributed by atoms with Crippen LogP contribution in [0.2, 0.25) is 0 Å². The van der Waals surface area contributed by atoms with Crippen molar-refractivity contribution in [3.8, 4) is 0 Å². The van der Waals surface area contributed by atoms with Crippen LogP contribution >= 0.6 is 0 Å². The van der Waals surface area contributed by atoms with E-state index in [1.807, 2.05) is 0 Å². The number of rotatable bonds is 8. The predicted molar refractivity (Wildman–Crippen MR) is 82.8 cm³/mol. The largest absolute Gasteiger partial charge is 0.383 e. The van der Waals surface area contributed by atoms with Crippen LogP contribution in [0.25, 0.3) is 11.2 Å². The third-order valence-electron chi connectivity index (χ3n) is 3.12. The average Bonchev–Trinajstić information content (AvgIpc) is 3.18. The number of ether oxygens (including phenoxy) is 1. The third-order valence-corrected chi connectivity index (χ3v) is 3.12. The molecule has 0 radical (unpaired) electrons. The molecule has 0 atom stereocenters. The fourth-order valence-corrected chi connectivity index (χ4v) is 2.04. The van der Waals surface area contributed by atoms with Crippen molar-refractivity contribution >= 4 is 22.9 Å². The number of hydrogen-bond acceptors (Lipinski definition) is 7. The van der Waals surface area contributed by atoms with Crippen molar-refractivity contribution in [2.24, 2.45) is 0 Å². The highest BCUT2D eigenvalue weighted by Crippen LogP contribution is 2.18. The van der Waals surface area contributed by atoms with Gasteiger partial charge in [-0.15, -0.1) is 0 Å². The summed E-state index contributed by atoms with van der Waals surface area (Å²) in [6.45, 7) is 1.97. The van der Waals surface area contributed by atoms with Crippen molar-refractivity contribution in [3.63, 3.8) is 0 Å². The van der Waals surface area contributed by atoms with E-state index in [-0.39, 0.29) is 0 Å². The van der Waals surface area contributed by atoms with Crippen molar-refractivity contribution in [2.45, 2.75) is 6.42 Å². The van der Waals surface area contributed by atoms with Gasteiger partial charge in [0.15, 0.2) is 11.5 Å². The van der Waals surface area contributed by atoms with Gasteiger partial charge in [0.25, 0.3) is 0 Å². The van der Waals surface area contributed by atoms with Crippen LogP contribution in [0, 0.1) is 0 Å². The number of imidazole rings is 2. The van der Waals surface area contributed by atoms with Crippen LogP contribution in [0.3, 0.4) is 0 Å². The van der Waals surface area contributed by atoms with E-state index in [9.17, 15) is 0 Å². The smallest absolute Gasteiger partial charge is 0.226 e. The molecule has 0 saturated carbocycles. The number of nitrogens with one attached hydrogen (secondary N) is 4. The van der Waals surface area contributed by atoms with Crippen LogP contribution in [0.5, 0.6) is 0 Å². The first-order chi connectivity index (χ1) is 10.9. The molecule has 4 N–H and O–H groups in total. The molecule has 22 heavy (non-hydrogen) atoms. The molecule has 0 aliphatic heterocycles. The van der Waals surface area contributed by atoms with Crippen molar-refractivity contribution in [1.29, 1.82) is 0 Å². The minimum Gasteiger partial charge on any atom is -0.383 e. The summed E-state index contributed by atoms with van der Waals surface area (Å²) in [5.74, 6) is 1.25. The first kappa shape index (κ1) is 14.3. The minimum atomic E-state index is 0.541. The van der Waals surface area contributed by atoms with E-state index in [0.717, 1.165) is 17.6 Å². The van der Waals surface area contributed by atoms with E-state index in [1.54, 1.807) is 26.0 Å². The molecule has 3 heterocycles. The maximum Gasteiger partial charge on any atom is 0.226 e. The Morgan fingerprint density at radius 1 is 1.14 bits per heavy atom. The molecular formula is C13H18N8O. The first-order valence-corrected chi connectivity index (χ1v) is 7.02. The van der Waals surface area contributed by atoms with Crippen molar-refractivity contribution in [2.75, 3.05) is 37.4 Å². The lowest BCUT2D eigenvalue weighted by atomic mass is 10.3.